The fourth-order valence-electron chi connectivity index (χ4n) is 3.66. The molecule has 27 heavy (non-hydrogen) atoms. The zero-order valence-corrected chi connectivity index (χ0v) is 15.9. The van der Waals surface area contributed by atoms with Crippen LogP contribution in [0, 0.1) is 15.5 Å². The summed E-state index contributed by atoms with van der Waals surface area (Å²) in [5.41, 5.74) is 0.821. The van der Waals surface area contributed by atoms with E-state index in [2.05, 4.69) is 9.80 Å². The minimum absolute atomic E-state index is 0.0756. The third-order valence-electron chi connectivity index (χ3n) is 5.75. The van der Waals surface area contributed by atoms with Gasteiger partial charge < -0.3 is 4.90 Å². The molecule has 146 valence electrons. The summed E-state index contributed by atoms with van der Waals surface area (Å²) in [6.07, 6.45) is 1.68. The van der Waals surface area contributed by atoms with Gasteiger partial charge in [-0.2, -0.15) is 0 Å². The molecule has 8 heteroatoms. The van der Waals surface area contributed by atoms with Crippen LogP contribution in [0.1, 0.15) is 33.1 Å². The number of likely N-dealkylation sites (tertiary alicyclic amines) is 1. The number of imide groups is 1. The van der Waals surface area contributed by atoms with Gasteiger partial charge in [0, 0.05) is 56.8 Å². The monoisotopic (exact) mass is 374 g/mol. The average molecular weight is 374 g/mol. The van der Waals surface area contributed by atoms with Gasteiger partial charge in [0.25, 0.3) is 5.69 Å². The van der Waals surface area contributed by atoms with Crippen LogP contribution in [0.25, 0.3) is 0 Å². The molecule has 0 N–H and O–H groups in total. The van der Waals surface area contributed by atoms with Gasteiger partial charge in [-0.25, -0.2) is 0 Å². The first-order valence-electron chi connectivity index (χ1n) is 9.36. The smallest absolute Gasteiger partial charge is 0.269 e. The molecule has 0 bridgehead atoms. The van der Waals surface area contributed by atoms with E-state index in [-0.39, 0.29) is 22.9 Å². The SMILES string of the molecule is CCC1(C)CC(=O)N(CN2CCN(c3ccc([N+](=O)[O-])cc3)CC2)C(=O)C1. The minimum atomic E-state index is -0.405. The Hall–Kier alpha value is -2.48. The summed E-state index contributed by atoms with van der Waals surface area (Å²) in [6.45, 7) is 7.35. The number of carbonyl (C=O) groups excluding carboxylic acids is 2. The van der Waals surface area contributed by atoms with Gasteiger partial charge in [0.2, 0.25) is 11.8 Å². The first-order valence-corrected chi connectivity index (χ1v) is 9.36. The lowest BCUT2D eigenvalue weighted by atomic mass is 9.77. The van der Waals surface area contributed by atoms with E-state index < -0.39 is 4.92 Å². The second-order valence-corrected chi connectivity index (χ2v) is 7.75. The molecule has 0 unspecified atom stereocenters. The van der Waals surface area contributed by atoms with Crippen LogP contribution in [-0.2, 0) is 9.59 Å². The topological polar surface area (TPSA) is 87.0 Å². The maximum atomic E-state index is 12.4. The van der Waals surface area contributed by atoms with Crippen LogP contribution >= 0.6 is 0 Å². The molecule has 2 heterocycles. The highest BCUT2D eigenvalue weighted by molar-refractivity contribution is 5.98. The Balaban J connectivity index is 1.54. The van der Waals surface area contributed by atoms with Crippen molar-refractivity contribution in [3.05, 3.63) is 34.4 Å². The van der Waals surface area contributed by atoms with Gasteiger partial charge in [0.15, 0.2) is 0 Å². The van der Waals surface area contributed by atoms with Crippen molar-refractivity contribution in [2.24, 2.45) is 5.41 Å². The van der Waals surface area contributed by atoms with E-state index in [0.717, 1.165) is 38.3 Å². The highest BCUT2D eigenvalue weighted by Crippen LogP contribution is 2.35. The van der Waals surface area contributed by atoms with Crippen LogP contribution in [0.2, 0.25) is 0 Å². The lowest BCUT2D eigenvalue weighted by molar-refractivity contribution is -0.384. The van der Waals surface area contributed by atoms with E-state index in [1.54, 1.807) is 12.1 Å². The molecular formula is C19H26N4O4. The molecule has 1 aromatic carbocycles. The number of piperazine rings is 1. The van der Waals surface area contributed by atoms with Gasteiger partial charge in [-0.15, -0.1) is 0 Å². The number of non-ortho nitro benzene ring substituents is 1. The summed E-state index contributed by atoms with van der Waals surface area (Å²) in [5.74, 6) is -0.151. The van der Waals surface area contributed by atoms with Crippen molar-refractivity contribution >= 4 is 23.2 Å². The van der Waals surface area contributed by atoms with Crippen LogP contribution < -0.4 is 4.90 Å². The van der Waals surface area contributed by atoms with Gasteiger partial charge in [-0.1, -0.05) is 13.8 Å². The Kier molecular flexibility index (Phi) is 5.46. The van der Waals surface area contributed by atoms with Crippen molar-refractivity contribution in [1.82, 2.24) is 9.80 Å². The zero-order chi connectivity index (χ0) is 19.6. The molecule has 0 atom stereocenters. The fraction of sp³-hybridized carbons (Fsp3) is 0.579. The molecule has 0 saturated carbocycles. The number of hydrogen-bond acceptors (Lipinski definition) is 6. The second kappa shape index (κ2) is 7.64. The molecule has 3 rings (SSSR count). The number of hydrogen-bond donors (Lipinski definition) is 0. The molecule has 0 spiro atoms. The van der Waals surface area contributed by atoms with Gasteiger partial charge in [0.05, 0.1) is 11.6 Å². The summed E-state index contributed by atoms with van der Waals surface area (Å²) >= 11 is 0. The Bertz CT molecular complexity index is 708. The van der Waals surface area contributed by atoms with Crippen molar-refractivity contribution in [1.29, 1.82) is 0 Å². The lowest BCUT2D eigenvalue weighted by Crippen LogP contribution is -2.55. The number of nitro groups is 1. The summed E-state index contributed by atoms with van der Waals surface area (Å²) in [7, 11) is 0. The van der Waals surface area contributed by atoms with E-state index in [4.69, 9.17) is 0 Å². The molecule has 2 saturated heterocycles. The Morgan fingerprint density at radius 3 is 2.07 bits per heavy atom. The molecule has 2 amide bonds. The van der Waals surface area contributed by atoms with Crippen LogP contribution in [0.15, 0.2) is 24.3 Å². The Labute approximate surface area is 158 Å². The predicted octanol–water partition coefficient (Wildman–Crippen LogP) is 2.24. The Morgan fingerprint density at radius 2 is 1.59 bits per heavy atom. The number of nitro benzene ring substituents is 1. The zero-order valence-electron chi connectivity index (χ0n) is 15.9. The van der Waals surface area contributed by atoms with E-state index in [1.807, 2.05) is 13.8 Å². The summed E-state index contributed by atoms with van der Waals surface area (Å²) in [6, 6.07) is 6.54. The number of piperidine rings is 1. The molecule has 0 radical (unpaired) electrons. The highest BCUT2D eigenvalue weighted by atomic mass is 16.6. The molecule has 0 aromatic heterocycles. The highest BCUT2D eigenvalue weighted by Gasteiger charge is 2.40. The molecule has 2 aliphatic heterocycles. The standard InChI is InChI=1S/C19H26N4O4/c1-3-19(2)12-17(24)22(18(25)13-19)14-20-8-10-21(11-9-20)15-4-6-16(7-5-15)23(26)27/h4-7H,3,8-14H2,1-2H3. The summed E-state index contributed by atoms with van der Waals surface area (Å²) < 4.78 is 0. The summed E-state index contributed by atoms with van der Waals surface area (Å²) in [5, 5.41) is 10.8. The number of amides is 2. The maximum absolute atomic E-state index is 12.4. The number of rotatable bonds is 5. The van der Waals surface area contributed by atoms with Crippen LogP contribution in [0.3, 0.4) is 0 Å². The van der Waals surface area contributed by atoms with Crippen LogP contribution in [0.4, 0.5) is 11.4 Å². The number of nitrogens with zero attached hydrogens (tertiary/aromatic N) is 4. The van der Waals surface area contributed by atoms with Crippen molar-refractivity contribution in [3.8, 4) is 0 Å². The number of anilines is 1. The quantitative estimate of drug-likeness (QED) is 0.446. The van der Waals surface area contributed by atoms with Crippen LogP contribution in [0.5, 0.6) is 0 Å². The van der Waals surface area contributed by atoms with Crippen molar-refractivity contribution in [2.75, 3.05) is 37.7 Å². The van der Waals surface area contributed by atoms with Crippen molar-refractivity contribution < 1.29 is 14.5 Å². The fourth-order valence-corrected chi connectivity index (χ4v) is 3.66. The van der Waals surface area contributed by atoms with Crippen molar-refractivity contribution in [2.45, 2.75) is 33.1 Å². The molecule has 1 aromatic rings. The lowest BCUT2D eigenvalue weighted by Gasteiger charge is -2.41. The largest absolute Gasteiger partial charge is 0.369 e. The third kappa shape index (κ3) is 4.27. The first kappa shape index (κ1) is 19.3. The second-order valence-electron chi connectivity index (χ2n) is 7.75. The number of carbonyl (C=O) groups is 2. The van der Waals surface area contributed by atoms with Gasteiger partial charge >= 0.3 is 0 Å². The normalized spacial score (nSPS) is 20.8. The van der Waals surface area contributed by atoms with Crippen LogP contribution in [-0.4, -0.2) is 59.4 Å². The summed E-state index contributed by atoms with van der Waals surface area (Å²) in [4.78, 5) is 40.9. The van der Waals surface area contributed by atoms with E-state index >= 15 is 0 Å². The predicted molar refractivity (Wildman–Crippen MR) is 101 cm³/mol. The van der Waals surface area contributed by atoms with Gasteiger partial charge in [0.1, 0.15) is 0 Å². The van der Waals surface area contributed by atoms with E-state index in [0.29, 0.717) is 19.5 Å². The Morgan fingerprint density at radius 1 is 1.04 bits per heavy atom. The number of benzene rings is 1. The molecule has 2 fully saturated rings. The minimum Gasteiger partial charge on any atom is -0.369 e. The average Bonchev–Trinajstić information content (AvgIpc) is 2.65. The molecule has 0 aliphatic carbocycles. The van der Waals surface area contributed by atoms with Gasteiger partial charge in [-0.05, 0) is 24.0 Å². The van der Waals surface area contributed by atoms with E-state index in [9.17, 15) is 19.7 Å². The third-order valence-corrected chi connectivity index (χ3v) is 5.75. The molecule has 8 nitrogen and oxygen atoms in total. The van der Waals surface area contributed by atoms with Crippen molar-refractivity contribution in [3.63, 3.8) is 0 Å². The molecule has 2 aliphatic rings. The van der Waals surface area contributed by atoms with Gasteiger partial charge in [-0.3, -0.25) is 29.5 Å². The van der Waals surface area contributed by atoms with E-state index in [1.165, 1.54) is 17.0 Å². The maximum Gasteiger partial charge on any atom is 0.269 e. The first-order chi connectivity index (χ1) is 12.8. The molecular weight excluding hydrogens is 348 g/mol.